The van der Waals surface area contributed by atoms with Gasteiger partial charge in [0, 0.05) is 16.5 Å². The van der Waals surface area contributed by atoms with Gasteiger partial charge >= 0.3 is 0 Å². The van der Waals surface area contributed by atoms with E-state index in [9.17, 15) is 9.59 Å². The maximum atomic E-state index is 13.1. The lowest BCUT2D eigenvalue weighted by atomic mass is 9.98. The molecule has 1 unspecified atom stereocenters. The SMILES string of the molecule is COc1ccc(C2CC(c3cccc(Br)c3)=NN2C(=O)COc2ccc(C=O)cc2)cc1. The maximum Gasteiger partial charge on any atom is 0.281 e. The van der Waals surface area contributed by atoms with E-state index in [0.717, 1.165) is 33.3 Å². The standard InChI is InChI=1S/C25H21BrN2O4/c1-31-21-11-7-18(8-12-21)24-14-23(19-3-2-4-20(26)13-19)27-28(24)25(30)16-32-22-9-5-17(15-29)6-10-22/h2-13,15,24H,14,16H2,1H3. The molecule has 1 heterocycles. The molecule has 0 spiro atoms. The zero-order valence-electron chi connectivity index (χ0n) is 17.4. The first kappa shape index (κ1) is 21.8. The van der Waals surface area contributed by atoms with Crippen LogP contribution in [0, 0.1) is 0 Å². The van der Waals surface area contributed by atoms with Gasteiger partial charge in [-0.05, 0) is 59.7 Å². The van der Waals surface area contributed by atoms with Crippen LogP contribution in [0.2, 0.25) is 0 Å². The molecule has 0 saturated carbocycles. The molecule has 3 aromatic rings. The summed E-state index contributed by atoms with van der Waals surface area (Å²) in [7, 11) is 1.62. The molecule has 0 bridgehead atoms. The molecule has 32 heavy (non-hydrogen) atoms. The van der Waals surface area contributed by atoms with Crippen LogP contribution in [-0.2, 0) is 4.79 Å². The molecule has 1 aliphatic heterocycles. The fraction of sp³-hybridized carbons (Fsp3) is 0.160. The van der Waals surface area contributed by atoms with Gasteiger partial charge in [0.2, 0.25) is 0 Å². The third-order valence-corrected chi connectivity index (χ3v) is 5.70. The second-order valence-electron chi connectivity index (χ2n) is 7.26. The Labute approximate surface area is 194 Å². The molecule has 1 amide bonds. The van der Waals surface area contributed by atoms with Crippen molar-refractivity contribution in [2.24, 2.45) is 5.10 Å². The van der Waals surface area contributed by atoms with Gasteiger partial charge in [-0.2, -0.15) is 5.10 Å². The smallest absolute Gasteiger partial charge is 0.281 e. The summed E-state index contributed by atoms with van der Waals surface area (Å²) in [6, 6.07) is 21.9. The van der Waals surface area contributed by atoms with E-state index < -0.39 is 0 Å². The number of ether oxygens (including phenoxy) is 2. The number of methoxy groups -OCH3 is 1. The van der Waals surface area contributed by atoms with Gasteiger partial charge in [0.25, 0.3) is 5.91 Å². The number of carbonyl (C=O) groups is 2. The number of carbonyl (C=O) groups excluding carboxylic acids is 2. The Kier molecular flexibility index (Phi) is 6.66. The van der Waals surface area contributed by atoms with Crippen molar-refractivity contribution in [1.29, 1.82) is 0 Å². The number of hydrogen-bond acceptors (Lipinski definition) is 5. The van der Waals surface area contributed by atoms with E-state index >= 15 is 0 Å². The Balaban J connectivity index is 1.57. The van der Waals surface area contributed by atoms with Gasteiger partial charge in [0.05, 0.1) is 18.9 Å². The van der Waals surface area contributed by atoms with Crippen molar-refractivity contribution in [1.82, 2.24) is 5.01 Å². The predicted molar refractivity (Wildman–Crippen MR) is 125 cm³/mol. The second-order valence-corrected chi connectivity index (χ2v) is 8.18. The van der Waals surface area contributed by atoms with Crippen molar-refractivity contribution in [2.45, 2.75) is 12.5 Å². The van der Waals surface area contributed by atoms with Crippen LogP contribution in [0.25, 0.3) is 0 Å². The van der Waals surface area contributed by atoms with E-state index in [1.807, 2.05) is 48.5 Å². The fourth-order valence-electron chi connectivity index (χ4n) is 3.52. The molecule has 4 rings (SSSR count). The minimum Gasteiger partial charge on any atom is -0.497 e. The summed E-state index contributed by atoms with van der Waals surface area (Å²) in [5.41, 5.74) is 3.30. The molecule has 0 fully saturated rings. The highest BCUT2D eigenvalue weighted by Gasteiger charge is 2.33. The van der Waals surface area contributed by atoms with E-state index in [0.29, 0.717) is 17.7 Å². The summed E-state index contributed by atoms with van der Waals surface area (Å²) < 4.78 is 11.9. The second kappa shape index (κ2) is 9.78. The maximum absolute atomic E-state index is 13.1. The quantitative estimate of drug-likeness (QED) is 0.434. The predicted octanol–water partition coefficient (Wildman–Crippen LogP) is 5.03. The van der Waals surface area contributed by atoms with Gasteiger partial charge < -0.3 is 9.47 Å². The molecule has 7 heteroatoms. The monoisotopic (exact) mass is 492 g/mol. The molecular formula is C25H21BrN2O4. The Bertz CT molecular complexity index is 1140. The molecule has 0 N–H and O–H groups in total. The van der Waals surface area contributed by atoms with Crippen LogP contribution in [0.3, 0.4) is 0 Å². The highest BCUT2D eigenvalue weighted by molar-refractivity contribution is 9.10. The Hall–Kier alpha value is -3.45. The summed E-state index contributed by atoms with van der Waals surface area (Å²) in [5, 5.41) is 6.16. The number of rotatable bonds is 7. The first-order chi connectivity index (χ1) is 15.6. The molecule has 3 aromatic carbocycles. The first-order valence-electron chi connectivity index (χ1n) is 10.0. The summed E-state index contributed by atoms with van der Waals surface area (Å²) in [6.45, 7) is -0.164. The average molecular weight is 493 g/mol. The lowest BCUT2D eigenvalue weighted by Gasteiger charge is -2.22. The summed E-state index contributed by atoms with van der Waals surface area (Å²) in [4.78, 5) is 23.9. The number of benzene rings is 3. The molecule has 6 nitrogen and oxygen atoms in total. The molecule has 1 aliphatic rings. The highest BCUT2D eigenvalue weighted by Crippen LogP contribution is 2.34. The van der Waals surface area contributed by atoms with Crippen LogP contribution < -0.4 is 9.47 Å². The normalized spacial score (nSPS) is 15.2. The summed E-state index contributed by atoms with van der Waals surface area (Å²) in [5.74, 6) is 1.01. The van der Waals surface area contributed by atoms with E-state index in [1.165, 1.54) is 5.01 Å². The lowest BCUT2D eigenvalue weighted by molar-refractivity contribution is -0.135. The van der Waals surface area contributed by atoms with Gasteiger partial charge in [-0.25, -0.2) is 5.01 Å². The number of hydrazone groups is 1. The van der Waals surface area contributed by atoms with Crippen LogP contribution in [0.1, 0.15) is 33.9 Å². The molecule has 162 valence electrons. The van der Waals surface area contributed by atoms with Gasteiger partial charge in [-0.15, -0.1) is 0 Å². The number of halogens is 1. The highest BCUT2D eigenvalue weighted by atomic mass is 79.9. The third kappa shape index (κ3) is 4.89. The number of amides is 1. The van der Waals surface area contributed by atoms with Crippen LogP contribution >= 0.6 is 15.9 Å². The van der Waals surface area contributed by atoms with E-state index in [2.05, 4.69) is 21.0 Å². The molecule has 0 aliphatic carbocycles. The van der Waals surface area contributed by atoms with Gasteiger partial charge in [0.15, 0.2) is 6.61 Å². The third-order valence-electron chi connectivity index (χ3n) is 5.20. The zero-order chi connectivity index (χ0) is 22.5. The van der Waals surface area contributed by atoms with Crippen LogP contribution in [0.5, 0.6) is 11.5 Å². The van der Waals surface area contributed by atoms with E-state index in [4.69, 9.17) is 9.47 Å². The van der Waals surface area contributed by atoms with E-state index in [1.54, 1.807) is 31.4 Å². The van der Waals surface area contributed by atoms with Crippen molar-refractivity contribution in [3.63, 3.8) is 0 Å². The Morgan fingerprint density at radius 1 is 1.09 bits per heavy atom. The van der Waals surface area contributed by atoms with Crippen LogP contribution in [-0.4, -0.2) is 36.6 Å². The molecule has 0 radical (unpaired) electrons. The Morgan fingerprint density at radius 3 is 2.47 bits per heavy atom. The molecule has 0 saturated heterocycles. The van der Waals surface area contributed by atoms with Crippen molar-refractivity contribution < 1.29 is 19.1 Å². The fourth-order valence-corrected chi connectivity index (χ4v) is 3.92. The Morgan fingerprint density at radius 2 is 1.81 bits per heavy atom. The number of hydrogen-bond donors (Lipinski definition) is 0. The molecule has 1 atom stereocenters. The van der Waals surface area contributed by atoms with Gasteiger partial charge in [-0.3, -0.25) is 9.59 Å². The van der Waals surface area contributed by atoms with Crippen molar-refractivity contribution in [3.8, 4) is 11.5 Å². The average Bonchev–Trinajstić information content (AvgIpc) is 3.28. The minimum atomic E-state index is -0.254. The minimum absolute atomic E-state index is 0.164. The zero-order valence-corrected chi connectivity index (χ0v) is 19.0. The van der Waals surface area contributed by atoms with E-state index in [-0.39, 0.29) is 18.6 Å². The topological polar surface area (TPSA) is 68.2 Å². The first-order valence-corrected chi connectivity index (χ1v) is 10.8. The summed E-state index contributed by atoms with van der Waals surface area (Å²) in [6.07, 6.45) is 1.35. The lowest BCUT2D eigenvalue weighted by Crippen LogP contribution is -2.31. The number of nitrogens with zero attached hydrogens (tertiary/aromatic N) is 2. The molecule has 0 aromatic heterocycles. The largest absolute Gasteiger partial charge is 0.497 e. The van der Waals surface area contributed by atoms with Gasteiger partial charge in [-0.1, -0.05) is 40.2 Å². The number of aldehydes is 1. The van der Waals surface area contributed by atoms with Crippen molar-refractivity contribution in [3.05, 3.63) is 94.0 Å². The van der Waals surface area contributed by atoms with Crippen LogP contribution in [0.15, 0.2) is 82.4 Å². The van der Waals surface area contributed by atoms with Crippen LogP contribution in [0.4, 0.5) is 0 Å². The van der Waals surface area contributed by atoms with Gasteiger partial charge in [0.1, 0.15) is 17.8 Å². The van der Waals surface area contributed by atoms with Crippen molar-refractivity contribution in [2.75, 3.05) is 13.7 Å². The van der Waals surface area contributed by atoms with Crippen molar-refractivity contribution >= 4 is 33.8 Å². The summed E-state index contributed by atoms with van der Waals surface area (Å²) >= 11 is 3.50. The molecular weight excluding hydrogens is 472 g/mol.